The van der Waals surface area contributed by atoms with E-state index in [1.165, 1.54) is 0 Å². The summed E-state index contributed by atoms with van der Waals surface area (Å²) in [4.78, 5) is 15.7. The van der Waals surface area contributed by atoms with Gasteiger partial charge in [0.1, 0.15) is 0 Å². The molecule has 0 heterocycles. The van der Waals surface area contributed by atoms with Crippen molar-refractivity contribution in [3.05, 3.63) is 29.8 Å². The predicted molar refractivity (Wildman–Crippen MR) is 87.3 cm³/mol. The minimum absolute atomic E-state index is 0. The minimum atomic E-state index is 0. The lowest BCUT2D eigenvalue weighted by atomic mass is 9.85. The number of nitrogens with two attached hydrogens (primary N) is 2. The van der Waals surface area contributed by atoms with E-state index in [0.29, 0.717) is 6.54 Å². The van der Waals surface area contributed by atoms with Crippen molar-refractivity contribution in [1.29, 1.82) is 0 Å². The van der Waals surface area contributed by atoms with E-state index in [2.05, 4.69) is 10.3 Å². The molecule has 1 saturated carbocycles. The highest BCUT2D eigenvalue weighted by atomic mass is 127. The summed E-state index contributed by atoms with van der Waals surface area (Å²) in [5.41, 5.74) is 12.3. The second-order valence-corrected chi connectivity index (χ2v) is 4.56. The first-order chi connectivity index (χ1) is 8.65. The van der Waals surface area contributed by atoms with Crippen LogP contribution in [0.4, 0.5) is 5.69 Å². The molecule has 0 spiro atoms. The van der Waals surface area contributed by atoms with Crippen molar-refractivity contribution in [2.24, 2.45) is 22.4 Å². The largest absolute Gasteiger partial charge is 0.370 e. The maximum Gasteiger partial charge on any atom is 0.227 e. The van der Waals surface area contributed by atoms with Crippen LogP contribution < -0.4 is 16.8 Å². The lowest BCUT2D eigenvalue weighted by molar-refractivity contribution is -0.122. The van der Waals surface area contributed by atoms with Crippen LogP contribution in [0, 0.1) is 5.92 Å². The smallest absolute Gasteiger partial charge is 0.227 e. The van der Waals surface area contributed by atoms with Gasteiger partial charge in [-0.3, -0.25) is 4.79 Å². The first-order valence-corrected chi connectivity index (χ1v) is 6.10. The molecule has 104 valence electrons. The third-order valence-electron chi connectivity index (χ3n) is 3.11. The SMILES string of the molecule is I.NC(N)=NCc1cccc(NC(=O)C2CCC2)c1. The van der Waals surface area contributed by atoms with E-state index in [1.54, 1.807) is 0 Å². The van der Waals surface area contributed by atoms with Gasteiger partial charge in [0.2, 0.25) is 5.91 Å². The van der Waals surface area contributed by atoms with Crippen LogP contribution in [0.15, 0.2) is 29.3 Å². The standard InChI is InChI=1S/C13H18N4O.HI/c14-13(15)16-8-9-3-1-6-11(7-9)17-12(18)10-4-2-5-10;/h1,3,6-7,10H,2,4-5,8H2,(H,17,18)(H4,14,15,16);1H. The number of carbonyl (C=O) groups excluding carboxylic acids is 1. The predicted octanol–water partition coefficient (Wildman–Crippen LogP) is 1.82. The van der Waals surface area contributed by atoms with Gasteiger partial charge in [-0.05, 0) is 30.5 Å². The number of amides is 1. The zero-order valence-electron chi connectivity index (χ0n) is 10.6. The molecule has 0 bridgehead atoms. The number of anilines is 1. The van der Waals surface area contributed by atoms with Crippen molar-refractivity contribution < 1.29 is 4.79 Å². The Morgan fingerprint density at radius 1 is 1.37 bits per heavy atom. The number of benzene rings is 1. The lowest BCUT2D eigenvalue weighted by Crippen LogP contribution is -2.28. The van der Waals surface area contributed by atoms with Gasteiger partial charge in [-0.1, -0.05) is 18.6 Å². The molecule has 5 N–H and O–H groups in total. The zero-order valence-corrected chi connectivity index (χ0v) is 13.0. The molecule has 1 aliphatic carbocycles. The molecule has 6 heteroatoms. The van der Waals surface area contributed by atoms with Crippen molar-refractivity contribution >= 4 is 41.5 Å². The fourth-order valence-electron chi connectivity index (χ4n) is 1.84. The van der Waals surface area contributed by atoms with Gasteiger partial charge in [0.15, 0.2) is 5.96 Å². The summed E-state index contributed by atoms with van der Waals surface area (Å²) in [5.74, 6) is 0.366. The third kappa shape index (κ3) is 4.70. The Balaban J connectivity index is 0.00000180. The molecule has 0 aromatic heterocycles. The van der Waals surface area contributed by atoms with Gasteiger partial charge in [-0.25, -0.2) is 4.99 Å². The summed E-state index contributed by atoms with van der Waals surface area (Å²) in [5, 5.41) is 2.92. The van der Waals surface area contributed by atoms with E-state index in [4.69, 9.17) is 11.5 Å². The lowest BCUT2D eigenvalue weighted by Gasteiger charge is -2.24. The van der Waals surface area contributed by atoms with Gasteiger partial charge in [0.25, 0.3) is 0 Å². The quantitative estimate of drug-likeness (QED) is 0.426. The number of hydrogen-bond acceptors (Lipinski definition) is 2. The number of aliphatic imine (C=N–C) groups is 1. The van der Waals surface area contributed by atoms with Gasteiger partial charge in [0.05, 0.1) is 6.54 Å². The molecule has 1 fully saturated rings. The van der Waals surface area contributed by atoms with E-state index in [1.807, 2.05) is 24.3 Å². The van der Waals surface area contributed by atoms with Crippen molar-refractivity contribution in [1.82, 2.24) is 0 Å². The van der Waals surface area contributed by atoms with Crippen molar-refractivity contribution in [3.8, 4) is 0 Å². The molecular formula is C13H19IN4O. The number of nitrogens with one attached hydrogen (secondary N) is 1. The minimum Gasteiger partial charge on any atom is -0.370 e. The van der Waals surface area contributed by atoms with Crippen LogP contribution in [0.5, 0.6) is 0 Å². The van der Waals surface area contributed by atoms with Gasteiger partial charge < -0.3 is 16.8 Å². The number of rotatable bonds is 4. The van der Waals surface area contributed by atoms with Gasteiger partial charge >= 0.3 is 0 Å². The molecular weight excluding hydrogens is 355 g/mol. The van der Waals surface area contributed by atoms with Gasteiger partial charge in [-0.15, -0.1) is 24.0 Å². The monoisotopic (exact) mass is 374 g/mol. The molecule has 0 atom stereocenters. The molecule has 5 nitrogen and oxygen atoms in total. The Labute approximate surface area is 129 Å². The Morgan fingerprint density at radius 3 is 2.68 bits per heavy atom. The van der Waals surface area contributed by atoms with Crippen LogP contribution >= 0.6 is 24.0 Å². The second kappa shape index (κ2) is 7.32. The van der Waals surface area contributed by atoms with E-state index in [0.717, 1.165) is 30.5 Å². The summed E-state index contributed by atoms with van der Waals surface area (Å²) < 4.78 is 0. The fourth-order valence-corrected chi connectivity index (χ4v) is 1.84. The average Bonchev–Trinajstić information content (AvgIpc) is 2.24. The fraction of sp³-hybridized carbons (Fsp3) is 0.385. The van der Waals surface area contributed by atoms with Gasteiger partial charge in [-0.2, -0.15) is 0 Å². The highest BCUT2D eigenvalue weighted by molar-refractivity contribution is 14.0. The first kappa shape index (κ1) is 15.7. The number of halogens is 1. The van der Waals surface area contributed by atoms with E-state index < -0.39 is 0 Å². The highest BCUT2D eigenvalue weighted by Gasteiger charge is 2.24. The number of hydrogen-bond donors (Lipinski definition) is 3. The Bertz CT molecular complexity index is 467. The summed E-state index contributed by atoms with van der Waals surface area (Å²) in [6.07, 6.45) is 3.15. The molecule has 2 rings (SSSR count). The molecule has 1 aromatic carbocycles. The van der Waals surface area contributed by atoms with Crippen LogP contribution in [0.25, 0.3) is 0 Å². The Kier molecular flexibility index (Phi) is 6.07. The second-order valence-electron chi connectivity index (χ2n) is 4.56. The molecule has 0 aliphatic heterocycles. The van der Waals surface area contributed by atoms with Crippen LogP contribution in [0.3, 0.4) is 0 Å². The number of nitrogens with zero attached hydrogens (tertiary/aromatic N) is 1. The number of carbonyl (C=O) groups is 1. The van der Waals surface area contributed by atoms with Crippen molar-refractivity contribution in [2.45, 2.75) is 25.8 Å². The topological polar surface area (TPSA) is 93.5 Å². The number of guanidine groups is 1. The molecule has 1 amide bonds. The summed E-state index contributed by atoms with van der Waals surface area (Å²) >= 11 is 0. The third-order valence-corrected chi connectivity index (χ3v) is 3.11. The Hall–Kier alpha value is -1.31. The summed E-state index contributed by atoms with van der Waals surface area (Å²) in [6.45, 7) is 0.426. The van der Waals surface area contributed by atoms with Gasteiger partial charge in [0, 0.05) is 11.6 Å². The van der Waals surface area contributed by atoms with Crippen LogP contribution in [0.1, 0.15) is 24.8 Å². The molecule has 0 saturated heterocycles. The van der Waals surface area contributed by atoms with E-state index >= 15 is 0 Å². The maximum atomic E-state index is 11.8. The molecule has 19 heavy (non-hydrogen) atoms. The zero-order chi connectivity index (χ0) is 13.0. The first-order valence-electron chi connectivity index (χ1n) is 6.10. The average molecular weight is 374 g/mol. The Morgan fingerprint density at radius 2 is 2.11 bits per heavy atom. The summed E-state index contributed by atoms with van der Waals surface area (Å²) in [6, 6.07) is 7.57. The molecule has 1 aliphatic rings. The van der Waals surface area contributed by atoms with Crippen molar-refractivity contribution in [3.63, 3.8) is 0 Å². The maximum absolute atomic E-state index is 11.8. The van der Waals surface area contributed by atoms with Crippen molar-refractivity contribution in [2.75, 3.05) is 5.32 Å². The normalized spacial score (nSPS) is 13.9. The molecule has 1 aromatic rings. The van der Waals surface area contributed by atoms with Crippen LogP contribution in [0.2, 0.25) is 0 Å². The molecule has 0 unspecified atom stereocenters. The van der Waals surface area contributed by atoms with E-state index in [9.17, 15) is 4.79 Å². The molecule has 0 radical (unpaired) electrons. The van der Waals surface area contributed by atoms with Crippen LogP contribution in [-0.4, -0.2) is 11.9 Å². The van der Waals surface area contributed by atoms with Crippen LogP contribution in [-0.2, 0) is 11.3 Å². The summed E-state index contributed by atoms with van der Waals surface area (Å²) in [7, 11) is 0. The highest BCUT2D eigenvalue weighted by Crippen LogP contribution is 2.27. The van der Waals surface area contributed by atoms with E-state index in [-0.39, 0.29) is 41.8 Å².